The molecule has 1 aromatic heterocycles. The van der Waals surface area contributed by atoms with Crippen molar-refractivity contribution in [2.24, 2.45) is 0 Å². The maximum absolute atomic E-state index is 13.7. The molecule has 0 saturated heterocycles. The zero-order valence-electron chi connectivity index (χ0n) is 19.3. The molecule has 2 aromatic carbocycles. The number of hydrogen-bond acceptors (Lipinski definition) is 5. The van der Waals surface area contributed by atoms with Crippen LogP contribution in [0.15, 0.2) is 60.0 Å². The van der Waals surface area contributed by atoms with Gasteiger partial charge in [-0.25, -0.2) is 8.78 Å². The van der Waals surface area contributed by atoms with E-state index in [4.69, 9.17) is 9.47 Å². The minimum absolute atomic E-state index is 0.148. The van der Waals surface area contributed by atoms with Crippen molar-refractivity contribution in [1.82, 2.24) is 9.80 Å². The van der Waals surface area contributed by atoms with E-state index in [2.05, 4.69) is 0 Å². The lowest BCUT2D eigenvalue weighted by molar-refractivity contribution is -0.135. The second-order valence-corrected chi connectivity index (χ2v) is 9.15. The highest BCUT2D eigenvalue weighted by Gasteiger charge is 2.33. The van der Waals surface area contributed by atoms with Gasteiger partial charge in [-0.2, -0.15) is 0 Å². The van der Waals surface area contributed by atoms with Crippen LogP contribution >= 0.6 is 11.3 Å². The van der Waals surface area contributed by atoms with Crippen LogP contribution in [-0.4, -0.2) is 61.6 Å². The summed E-state index contributed by atoms with van der Waals surface area (Å²) in [6, 6.07) is 12.8. The third-order valence-electron chi connectivity index (χ3n) is 5.87. The maximum atomic E-state index is 13.7. The Hall–Kier alpha value is -3.30. The van der Waals surface area contributed by atoms with Crippen molar-refractivity contribution < 1.29 is 27.8 Å². The van der Waals surface area contributed by atoms with Crippen LogP contribution in [0.4, 0.5) is 8.78 Å². The highest BCUT2D eigenvalue weighted by atomic mass is 32.1. The van der Waals surface area contributed by atoms with Crippen LogP contribution in [0.25, 0.3) is 0 Å². The lowest BCUT2D eigenvalue weighted by Gasteiger charge is -2.37. The molecule has 9 heteroatoms. The molecule has 0 unspecified atom stereocenters. The van der Waals surface area contributed by atoms with E-state index in [1.54, 1.807) is 28.4 Å². The van der Waals surface area contributed by atoms with Gasteiger partial charge in [-0.1, -0.05) is 12.1 Å². The molecular formula is C26H26F2N2O4S. The van der Waals surface area contributed by atoms with Gasteiger partial charge in [0.05, 0.1) is 12.6 Å². The standard InChI is InChI=1S/C26H26F2N2O4S/c1-33-12-11-29(26(32)18-4-2-5-19(27)14-18)16-25(31)30-10-8-24-22(9-13-35-24)23(30)17-34-21-7-3-6-20(28)15-21/h2-7,9,13-15,23H,8,10-12,16-17H2,1H3/t23-/m0/s1. The van der Waals surface area contributed by atoms with Crippen molar-refractivity contribution >= 4 is 23.2 Å². The molecule has 2 heterocycles. The van der Waals surface area contributed by atoms with Crippen LogP contribution in [-0.2, 0) is 16.0 Å². The smallest absolute Gasteiger partial charge is 0.254 e. The fourth-order valence-electron chi connectivity index (χ4n) is 4.12. The molecule has 4 rings (SSSR count). The molecule has 0 radical (unpaired) electrons. The summed E-state index contributed by atoms with van der Waals surface area (Å²) in [5, 5.41) is 1.98. The molecule has 35 heavy (non-hydrogen) atoms. The normalized spacial score (nSPS) is 14.9. The van der Waals surface area contributed by atoms with E-state index in [0.29, 0.717) is 18.7 Å². The van der Waals surface area contributed by atoms with Gasteiger partial charge in [0, 0.05) is 36.7 Å². The SMILES string of the molecule is COCCN(CC(=O)N1CCc2sccc2[C@@H]1COc1cccc(F)c1)C(=O)c1cccc(F)c1. The second-order valence-electron chi connectivity index (χ2n) is 8.15. The number of amides is 2. The van der Waals surface area contributed by atoms with Crippen LogP contribution in [0, 0.1) is 11.6 Å². The molecule has 1 aliphatic rings. The Labute approximate surface area is 206 Å². The zero-order chi connectivity index (χ0) is 24.8. The molecule has 6 nitrogen and oxygen atoms in total. The molecule has 1 atom stereocenters. The minimum atomic E-state index is -0.524. The van der Waals surface area contributed by atoms with E-state index in [1.165, 1.54) is 47.2 Å². The van der Waals surface area contributed by atoms with Gasteiger partial charge in [-0.05, 0) is 53.8 Å². The molecule has 0 spiro atoms. The van der Waals surface area contributed by atoms with Gasteiger partial charge >= 0.3 is 0 Å². The monoisotopic (exact) mass is 500 g/mol. The number of carbonyl (C=O) groups is 2. The van der Waals surface area contributed by atoms with E-state index in [0.717, 1.165) is 11.6 Å². The molecule has 0 bridgehead atoms. The molecule has 184 valence electrons. The molecule has 0 aliphatic carbocycles. The first kappa shape index (κ1) is 24.8. The number of rotatable bonds is 9. The van der Waals surface area contributed by atoms with Gasteiger partial charge < -0.3 is 19.3 Å². The second kappa shape index (κ2) is 11.4. The Kier molecular flexibility index (Phi) is 8.09. The number of carbonyl (C=O) groups excluding carboxylic acids is 2. The summed E-state index contributed by atoms with van der Waals surface area (Å²) in [5.41, 5.74) is 1.16. The van der Waals surface area contributed by atoms with E-state index < -0.39 is 17.5 Å². The van der Waals surface area contributed by atoms with Crippen molar-refractivity contribution in [3.63, 3.8) is 0 Å². The lowest BCUT2D eigenvalue weighted by Crippen LogP contribution is -2.48. The zero-order valence-corrected chi connectivity index (χ0v) is 20.1. The Bertz CT molecular complexity index is 1190. The number of thiophene rings is 1. The van der Waals surface area contributed by atoms with Gasteiger partial charge in [0.1, 0.15) is 30.5 Å². The van der Waals surface area contributed by atoms with E-state index in [9.17, 15) is 18.4 Å². The fourth-order valence-corrected chi connectivity index (χ4v) is 5.05. The van der Waals surface area contributed by atoms with Gasteiger partial charge in [-0.15, -0.1) is 11.3 Å². The van der Waals surface area contributed by atoms with Crippen LogP contribution in [0.1, 0.15) is 26.8 Å². The van der Waals surface area contributed by atoms with E-state index in [-0.39, 0.29) is 43.8 Å². The third-order valence-corrected chi connectivity index (χ3v) is 6.87. The number of benzene rings is 2. The molecular weight excluding hydrogens is 474 g/mol. The highest BCUT2D eigenvalue weighted by Crippen LogP contribution is 2.34. The maximum Gasteiger partial charge on any atom is 0.254 e. The summed E-state index contributed by atoms with van der Waals surface area (Å²) >= 11 is 1.63. The van der Waals surface area contributed by atoms with Crippen LogP contribution in [0.2, 0.25) is 0 Å². The third kappa shape index (κ3) is 6.04. The summed E-state index contributed by atoms with van der Waals surface area (Å²) in [4.78, 5) is 30.8. The average Bonchev–Trinajstić information content (AvgIpc) is 3.34. The first-order chi connectivity index (χ1) is 17.0. The Morgan fingerprint density at radius 1 is 1.11 bits per heavy atom. The Morgan fingerprint density at radius 2 is 1.89 bits per heavy atom. The minimum Gasteiger partial charge on any atom is -0.491 e. The summed E-state index contributed by atoms with van der Waals surface area (Å²) in [6.45, 7) is 0.841. The van der Waals surface area contributed by atoms with Crippen molar-refractivity contribution in [2.75, 3.05) is 40.0 Å². The topological polar surface area (TPSA) is 59.1 Å². The van der Waals surface area contributed by atoms with Crippen molar-refractivity contribution in [2.45, 2.75) is 12.5 Å². The number of fused-ring (bicyclic) bond motifs is 1. The van der Waals surface area contributed by atoms with Gasteiger partial charge in [0.2, 0.25) is 5.91 Å². The largest absolute Gasteiger partial charge is 0.491 e. The predicted octanol–water partition coefficient (Wildman–Crippen LogP) is 4.32. The summed E-state index contributed by atoms with van der Waals surface area (Å²) in [7, 11) is 1.51. The first-order valence-corrected chi connectivity index (χ1v) is 12.1. The summed E-state index contributed by atoms with van der Waals surface area (Å²) < 4.78 is 38.3. The van der Waals surface area contributed by atoms with E-state index >= 15 is 0 Å². The molecule has 0 saturated carbocycles. The van der Waals surface area contributed by atoms with Gasteiger partial charge in [0.25, 0.3) is 5.91 Å². The summed E-state index contributed by atoms with van der Waals surface area (Å²) in [5.74, 6) is -1.25. The van der Waals surface area contributed by atoms with Crippen molar-refractivity contribution in [3.8, 4) is 5.75 Å². The Morgan fingerprint density at radius 3 is 2.63 bits per heavy atom. The number of nitrogens with zero attached hydrogens (tertiary/aromatic N) is 2. The van der Waals surface area contributed by atoms with Crippen molar-refractivity contribution in [3.05, 3.63) is 87.6 Å². The number of halogens is 2. The predicted molar refractivity (Wildman–Crippen MR) is 129 cm³/mol. The Balaban J connectivity index is 1.53. The highest BCUT2D eigenvalue weighted by molar-refractivity contribution is 7.10. The molecule has 0 fully saturated rings. The molecule has 0 N–H and O–H groups in total. The van der Waals surface area contributed by atoms with Gasteiger partial charge in [-0.3, -0.25) is 9.59 Å². The van der Waals surface area contributed by atoms with Gasteiger partial charge in [0.15, 0.2) is 0 Å². The molecule has 1 aliphatic heterocycles. The molecule has 3 aromatic rings. The first-order valence-electron chi connectivity index (χ1n) is 11.2. The lowest BCUT2D eigenvalue weighted by atomic mass is 10.0. The fraction of sp³-hybridized carbons (Fsp3) is 0.308. The van der Waals surface area contributed by atoms with Crippen LogP contribution < -0.4 is 4.74 Å². The number of ether oxygens (including phenoxy) is 2. The number of hydrogen-bond donors (Lipinski definition) is 0. The average molecular weight is 501 g/mol. The molecule has 2 amide bonds. The quantitative estimate of drug-likeness (QED) is 0.439. The van der Waals surface area contributed by atoms with Crippen LogP contribution in [0.5, 0.6) is 5.75 Å². The van der Waals surface area contributed by atoms with Crippen molar-refractivity contribution in [1.29, 1.82) is 0 Å². The van der Waals surface area contributed by atoms with E-state index in [1.807, 2.05) is 11.4 Å². The van der Waals surface area contributed by atoms with Crippen LogP contribution in [0.3, 0.4) is 0 Å². The summed E-state index contributed by atoms with van der Waals surface area (Å²) in [6.07, 6.45) is 0.700. The number of methoxy groups -OCH3 is 1.